The molecule has 1 atom stereocenters. The highest BCUT2D eigenvalue weighted by atomic mass is 16.5. The van der Waals surface area contributed by atoms with Crippen molar-refractivity contribution < 1.29 is 9.53 Å². The van der Waals surface area contributed by atoms with Gasteiger partial charge in [-0.25, -0.2) is 0 Å². The van der Waals surface area contributed by atoms with Gasteiger partial charge in [-0.1, -0.05) is 6.92 Å². The van der Waals surface area contributed by atoms with Crippen molar-refractivity contribution in [2.75, 3.05) is 25.6 Å². The highest BCUT2D eigenvalue weighted by Gasteiger charge is 2.29. The Hall–Kier alpha value is -1.40. The van der Waals surface area contributed by atoms with Crippen molar-refractivity contribution in [2.24, 2.45) is 11.1 Å². The molecule has 0 saturated heterocycles. The minimum atomic E-state index is -0.533. The molecule has 0 bridgehead atoms. The zero-order chi connectivity index (χ0) is 13.6. The van der Waals surface area contributed by atoms with Crippen molar-refractivity contribution in [2.45, 2.75) is 26.8 Å². The van der Waals surface area contributed by atoms with Crippen LogP contribution < -0.4 is 11.1 Å². The lowest BCUT2D eigenvalue weighted by Gasteiger charge is -2.24. The number of hydrogen-bond donors (Lipinski definition) is 2. The fraction of sp³-hybridized carbons (Fsp3) is 0.667. The van der Waals surface area contributed by atoms with Crippen molar-refractivity contribution in [3.8, 4) is 0 Å². The van der Waals surface area contributed by atoms with Crippen molar-refractivity contribution in [1.29, 1.82) is 0 Å². The average molecular weight is 254 g/mol. The second kappa shape index (κ2) is 6.51. The van der Waals surface area contributed by atoms with Gasteiger partial charge < -0.3 is 15.8 Å². The Kier molecular flexibility index (Phi) is 5.30. The molecule has 0 aromatic carbocycles. The summed E-state index contributed by atoms with van der Waals surface area (Å²) in [6, 6.07) is 0. The highest BCUT2D eigenvalue weighted by Crippen LogP contribution is 2.21. The Labute approximate surface area is 107 Å². The van der Waals surface area contributed by atoms with Crippen LogP contribution in [-0.2, 0) is 16.1 Å². The van der Waals surface area contributed by atoms with Gasteiger partial charge in [0, 0.05) is 19.9 Å². The standard InChI is InChI=1S/C12H22N4O2/c1-4-12(2,9-13)11(17)15-10-7-14-16(8-10)5-6-18-3/h7-8H,4-6,9,13H2,1-3H3,(H,15,17). The van der Waals surface area contributed by atoms with E-state index in [2.05, 4.69) is 10.4 Å². The molecule has 1 rings (SSSR count). The molecular formula is C12H22N4O2. The quantitative estimate of drug-likeness (QED) is 0.755. The summed E-state index contributed by atoms with van der Waals surface area (Å²) in [4.78, 5) is 12.1. The lowest BCUT2D eigenvalue weighted by Crippen LogP contribution is -2.39. The molecule has 0 aliphatic rings. The van der Waals surface area contributed by atoms with E-state index in [1.807, 2.05) is 13.8 Å². The van der Waals surface area contributed by atoms with Crippen LogP contribution in [0.2, 0.25) is 0 Å². The van der Waals surface area contributed by atoms with Crippen LogP contribution in [-0.4, -0.2) is 35.9 Å². The summed E-state index contributed by atoms with van der Waals surface area (Å²) >= 11 is 0. The van der Waals surface area contributed by atoms with Crippen molar-refractivity contribution in [3.63, 3.8) is 0 Å². The van der Waals surface area contributed by atoms with E-state index >= 15 is 0 Å². The lowest BCUT2D eigenvalue weighted by molar-refractivity contribution is -0.124. The zero-order valence-corrected chi connectivity index (χ0v) is 11.3. The van der Waals surface area contributed by atoms with Gasteiger partial charge in [0.25, 0.3) is 0 Å². The summed E-state index contributed by atoms with van der Waals surface area (Å²) in [6.45, 7) is 5.39. The summed E-state index contributed by atoms with van der Waals surface area (Å²) in [5.41, 5.74) is 5.80. The number of hydrogen-bond acceptors (Lipinski definition) is 4. The maximum absolute atomic E-state index is 12.1. The third-order valence-corrected chi connectivity index (χ3v) is 3.19. The SMILES string of the molecule is CCC(C)(CN)C(=O)Nc1cnn(CCOC)c1. The van der Waals surface area contributed by atoms with Gasteiger partial charge in [0.15, 0.2) is 0 Å². The molecule has 0 aliphatic carbocycles. The first-order valence-electron chi connectivity index (χ1n) is 6.08. The van der Waals surface area contributed by atoms with Gasteiger partial charge in [-0.15, -0.1) is 0 Å². The van der Waals surface area contributed by atoms with Gasteiger partial charge in [0.1, 0.15) is 0 Å². The Balaban J connectivity index is 2.62. The van der Waals surface area contributed by atoms with E-state index in [4.69, 9.17) is 10.5 Å². The molecule has 1 amide bonds. The summed E-state index contributed by atoms with van der Waals surface area (Å²) in [7, 11) is 1.64. The topological polar surface area (TPSA) is 82.2 Å². The van der Waals surface area contributed by atoms with Gasteiger partial charge in [-0.05, 0) is 13.3 Å². The number of amides is 1. The summed E-state index contributed by atoms with van der Waals surface area (Å²) < 4.78 is 6.69. The predicted molar refractivity (Wildman–Crippen MR) is 70.2 cm³/mol. The van der Waals surface area contributed by atoms with Crippen LogP contribution in [0.3, 0.4) is 0 Å². The van der Waals surface area contributed by atoms with Crippen molar-refractivity contribution in [3.05, 3.63) is 12.4 Å². The Morgan fingerprint density at radius 2 is 2.39 bits per heavy atom. The summed E-state index contributed by atoms with van der Waals surface area (Å²) in [6.07, 6.45) is 4.11. The van der Waals surface area contributed by atoms with E-state index in [9.17, 15) is 4.79 Å². The Morgan fingerprint density at radius 3 is 2.94 bits per heavy atom. The molecule has 18 heavy (non-hydrogen) atoms. The van der Waals surface area contributed by atoms with Crippen LogP contribution in [0.1, 0.15) is 20.3 Å². The molecule has 102 valence electrons. The van der Waals surface area contributed by atoms with Crippen molar-refractivity contribution >= 4 is 11.6 Å². The van der Waals surface area contributed by atoms with Gasteiger partial charge in [-0.3, -0.25) is 9.48 Å². The molecule has 0 radical (unpaired) electrons. The molecule has 1 aromatic heterocycles. The molecule has 1 unspecified atom stereocenters. The third-order valence-electron chi connectivity index (χ3n) is 3.19. The summed E-state index contributed by atoms with van der Waals surface area (Å²) in [5, 5.41) is 6.97. The minimum absolute atomic E-state index is 0.0706. The van der Waals surface area contributed by atoms with E-state index < -0.39 is 5.41 Å². The number of anilines is 1. The van der Waals surface area contributed by atoms with Crippen molar-refractivity contribution in [1.82, 2.24) is 9.78 Å². The number of carbonyl (C=O) groups is 1. The van der Waals surface area contributed by atoms with Crippen LogP contribution in [0.5, 0.6) is 0 Å². The second-order valence-corrected chi connectivity index (χ2v) is 4.56. The van der Waals surface area contributed by atoms with Gasteiger partial charge >= 0.3 is 0 Å². The molecule has 0 aliphatic heterocycles. The Bertz CT molecular complexity index is 385. The normalized spacial score (nSPS) is 14.2. The number of rotatable bonds is 7. The van der Waals surface area contributed by atoms with Crippen LogP contribution in [0, 0.1) is 5.41 Å². The smallest absolute Gasteiger partial charge is 0.231 e. The van der Waals surface area contributed by atoms with Gasteiger partial charge in [0.2, 0.25) is 5.91 Å². The average Bonchev–Trinajstić information content (AvgIpc) is 2.82. The maximum atomic E-state index is 12.1. The lowest BCUT2D eigenvalue weighted by atomic mass is 9.86. The van der Waals surface area contributed by atoms with E-state index in [1.54, 1.807) is 24.2 Å². The molecule has 0 saturated carbocycles. The number of aromatic nitrogens is 2. The maximum Gasteiger partial charge on any atom is 0.231 e. The van der Waals surface area contributed by atoms with Gasteiger partial charge in [0.05, 0.1) is 30.5 Å². The first-order valence-corrected chi connectivity index (χ1v) is 6.08. The number of ether oxygens (including phenoxy) is 1. The largest absolute Gasteiger partial charge is 0.383 e. The Morgan fingerprint density at radius 1 is 1.67 bits per heavy atom. The van der Waals surface area contributed by atoms with Crippen LogP contribution in [0.4, 0.5) is 5.69 Å². The number of carbonyl (C=O) groups excluding carboxylic acids is 1. The van der Waals surface area contributed by atoms with E-state index in [1.165, 1.54) is 0 Å². The molecule has 0 spiro atoms. The van der Waals surface area contributed by atoms with E-state index in [0.717, 1.165) is 0 Å². The van der Waals surface area contributed by atoms with E-state index in [-0.39, 0.29) is 5.91 Å². The van der Waals surface area contributed by atoms with E-state index in [0.29, 0.717) is 31.8 Å². The molecule has 6 nitrogen and oxygen atoms in total. The molecule has 6 heteroatoms. The second-order valence-electron chi connectivity index (χ2n) is 4.56. The number of nitrogens with zero attached hydrogens (tertiary/aromatic N) is 2. The third kappa shape index (κ3) is 3.54. The monoisotopic (exact) mass is 254 g/mol. The van der Waals surface area contributed by atoms with Crippen LogP contribution in [0.15, 0.2) is 12.4 Å². The predicted octanol–water partition coefficient (Wildman–Crippen LogP) is 0.843. The molecule has 1 heterocycles. The molecule has 1 aromatic rings. The molecule has 3 N–H and O–H groups in total. The van der Waals surface area contributed by atoms with Crippen LogP contribution >= 0.6 is 0 Å². The number of nitrogens with two attached hydrogens (primary N) is 1. The number of nitrogens with one attached hydrogen (secondary N) is 1. The summed E-state index contributed by atoms with van der Waals surface area (Å²) in [5.74, 6) is -0.0706. The first kappa shape index (κ1) is 14.7. The minimum Gasteiger partial charge on any atom is -0.383 e. The fourth-order valence-electron chi connectivity index (χ4n) is 1.41. The number of methoxy groups -OCH3 is 1. The first-order chi connectivity index (χ1) is 8.55. The fourth-order valence-corrected chi connectivity index (χ4v) is 1.41. The zero-order valence-electron chi connectivity index (χ0n) is 11.3. The molecular weight excluding hydrogens is 232 g/mol. The highest BCUT2D eigenvalue weighted by molar-refractivity contribution is 5.94. The van der Waals surface area contributed by atoms with Gasteiger partial charge in [-0.2, -0.15) is 5.10 Å². The van der Waals surface area contributed by atoms with Crippen LogP contribution in [0.25, 0.3) is 0 Å². The molecule has 0 fully saturated rings.